The topological polar surface area (TPSA) is 57.0 Å². The number of fused-ring (bicyclic) bond motifs is 1. The molecule has 0 N–H and O–H groups in total. The maximum Gasteiger partial charge on any atom is 0.251 e. The Morgan fingerprint density at radius 3 is 2.90 bits per heavy atom. The van der Waals surface area contributed by atoms with Gasteiger partial charge in [0.2, 0.25) is 0 Å². The highest BCUT2D eigenvalue weighted by Crippen LogP contribution is 2.30. The summed E-state index contributed by atoms with van der Waals surface area (Å²) < 4.78 is 6.87. The minimum absolute atomic E-state index is 0.00261. The molecule has 0 bridgehead atoms. The zero-order valence-electron chi connectivity index (χ0n) is 10.9. The Hall–Kier alpha value is -2.08. The molecule has 0 aliphatic carbocycles. The van der Waals surface area contributed by atoms with Gasteiger partial charge in [-0.3, -0.25) is 4.79 Å². The largest absolute Gasteiger partial charge is 0.494 e. The van der Waals surface area contributed by atoms with Crippen LogP contribution in [0.25, 0.3) is 6.08 Å². The third-order valence-corrected chi connectivity index (χ3v) is 3.99. The zero-order valence-corrected chi connectivity index (χ0v) is 11.7. The summed E-state index contributed by atoms with van der Waals surface area (Å²) in [5.41, 5.74) is 1.03. The number of nitrogens with zero attached hydrogens (tertiary/aromatic N) is 3. The molecule has 102 valence electrons. The van der Waals surface area contributed by atoms with Crippen LogP contribution in [0, 0.1) is 0 Å². The van der Waals surface area contributed by atoms with Crippen molar-refractivity contribution in [3.63, 3.8) is 0 Å². The fourth-order valence-corrected chi connectivity index (χ4v) is 2.86. The van der Waals surface area contributed by atoms with Crippen molar-refractivity contribution in [1.29, 1.82) is 0 Å². The van der Waals surface area contributed by atoms with Gasteiger partial charge in [-0.15, -0.1) is 10.2 Å². The van der Waals surface area contributed by atoms with Crippen LogP contribution in [0.1, 0.15) is 17.3 Å². The molecule has 0 saturated carbocycles. The number of carbonyl (C=O) groups is 1. The first-order valence-corrected chi connectivity index (χ1v) is 7.18. The number of hydrogen-bond acceptors (Lipinski definition) is 5. The average molecular weight is 287 g/mol. The van der Waals surface area contributed by atoms with Crippen LogP contribution >= 0.6 is 11.8 Å². The predicted octanol–water partition coefficient (Wildman–Crippen LogP) is 2.50. The SMILES string of the molecule is CCOc1ccc(/C=C\C2Sc3nncn3C2=O)cc1. The van der Waals surface area contributed by atoms with E-state index in [-0.39, 0.29) is 11.2 Å². The highest BCUT2D eigenvalue weighted by molar-refractivity contribution is 8.01. The summed E-state index contributed by atoms with van der Waals surface area (Å²) in [5, 5.41) is 8.02. The van der Waals surface area contributed by atoms with E-state index in [1.807, 2.05) is 43.3 Å². The predicted molar refractivity (Wildman–Crippen MR) is 76.9 cm³/mol. The molecule has 0 radical (unpaired) electrons. The van der Waals surface area contributed by atoms with E-state index in [0.29, 0.717) is 11.8 Å². The van der Waals surface area contributed by atoms with Crippen molar-refractivity contribution in [2.45, 2.75) is 17.3 Å². The molecule has 0 spiro atoms. The van der Waals surface area contributed by atoms with Crippen LogP contribution in [0.5, 0.6) is 5.75 Å². The van der Waals surface area contributed by atoms with E-state index >= 15 is 0 Å². The Morgan fingerprint density at radius 2 is 2.20 bits per heavy atom. The third-order valence-electron chi connectivity index (χ3n) is 2.88. The van der Waals surface area contributed by atoms with E-state index in [9.17, 15) is 4.79 Å². The van der Waals surface area contributed by atoms with E-state index in [1.165, 1.54) is 22.7 Å². The molecule has 0 saturated heterocycles. The van der Waals surface area contributed by atoms with Crippen LogP contribution in [0.4, 0.5) is 0 Å². The number of aromatic nitrogens is 3. The van der Waals surface area contributed by atoms with Crippen molar-refractivity contribution < 1.29 is 9.53 Å². The molecular weight excluding hydrogens is 274 g/mol. The van der Waals surface area contributed by atoms with Gasteiger partial charge in [0.15, 0.2) is 5.16 Å². The molecule has 0 amide bonds. The number of ether oxygens (including phenoxy) is 1. The summed E-state index contributed by atoms with van der Waals surface area (Å²) in [6, 6.07) is 7.76. The summed E-state index contributed by atoms with van der Waals surface area (Å²) in [6.45, 7) is 2.61. The first-order valence-electron chi connectivity index (χ1n) is 6.30. The lowest BCUT2D eigenvalue weighted by atomic mass is 10.2. The number of rotatable bonds is 4. The molecule has 6 heteroatoms. The second-order valence-corrected chi connectivity index (χ2v) is 5.33. The van der Waals surface area contributed by atoms with Crippen LogP contribution in [-0.4, -0.2) is 32.5 Å². The number of carbonyl (C=O) groups excluding carboxylic acids is 1. The molecule has 20 heavy (non-hydrogen) atoms. The van der Waals surface area contributed by atoms with Crippen molar-refractivity contribution in [3.8, 4) is 5.75 Å². The fraction of sp³-hybridized carbons (Fsp3) is 0.214. The maximum atomic E-state index is 12.0. The van der Waals surface area contributed by atoms with Gasteiger partial charge in [-0.2, -0.15) is 0 Å². The fourth-order valence-electron chi connectivity index (χ4n) is 1.92. The van der Waals surface area contributed by atoms with Gasteiger partial charge in [0.05, 0.1) is 6.61 Å². The molecule has 1 unspecified atom stereocenters. The summed E-state index contributed by atoms with van der Waals surface area (Å²) >= 11 is 1.41. The molecule has 1 aliphatic rings. The van der Waals surface area contributed by atoms with E-state index < -0.39 is 0 Å². The Bertz CT molecular complexity index is 649. The number of thioether (sulfide) groups is 1. The Kier molecular flexibility index (Phi) is 3.56. The molecule has 1 atom stereocenters. The lowest BCUT2D eigenvalue weighted by Crippen LogP contribution is -2.14. The molecule has 1 aliphatic heterocycles. The highest BCUT2D eigenvalue weighted by Gasteiger charge is 2.30. The molecule has 1 aromatic heterocycles. The smallest absolute Gasteiger partial charge is 0.251 e. The summed E-state index contributed by atoms with van der Waals surface area (Å²) in [4.78, 5) is 12.0. The number of hydrogen-bond donors (Lipinski definition) is 0. The Morgan fingerprint density at radius 1 is 1.40 bits per heavy atom. The highest BCUT2D eigenvalue weighted by atomic mass is 32.2. The Balaban J connectivity index is 1.69. The Labute approximate surface area is 120 Å². The van der Waals surface area contributed by atoms with Crippen molar-refractivity contribution in [1.82, 2.24) is 14.8 Å². The molecule has 5 nitrogen and oxygen atoms in total. The first-order chi connectivity index (χ1) is 9.78. The minimum Gasteiger partial charge on any atom is -0.494 e. The summed E-state index contributed by atoms with van der Waals surface area (Å²) in [7, 11) is 0. The van der Waals surface area contributed by atoms with Gasteiger partial charge in [0, 0.05) is 0 Å². The molecule has 2 aromatic rings. The van der Waals surface area contributed by atoms with E-state index in [1.54, 1.807) is 0 Å². The first kappa shape index (κ1) is 12.9. The van der Waals surface area contributed by atoms with Crippen molar-refractivity contribution >= 4 is 23.7 Å². The van der Waals surface area contributed by atoms with Gasteiger partial charge in [-0.05, 0) is 24.6 Å². The van der Waals surface area contributed by atoms with Gasteiger partial charge in [0.1, 0.15) is 17.3 Å². The van der Waals surface area contributed by atoms with Gasteiger partial charge >= 0.3 is 0 Å². The average Bonchev–Trinajstić information content (AvgIpc) is 3.02. The van der Waals surface area contributed by atoms with Crippen LogP contribution in [-0.2, 0) is 0 Å². The van der Waals surface area contributed by atoms with Gasteiger partial charge < -0.3 is 4.74 Å². The maximum absolute atomic E-state index is 12.0. The van der Waals surface area contributed by atoms with E-state index in [4.69, 9.17) is 4.74 Å². The van der Waals surface area contributed by atoms with Crippen LogP contribution in [0.3, 0.4) is 0 Å². The number of benzene rings is 1. The van der Waals surface area contributed by atoms with E-state index in [0.717, 1.165) is 11.3 Å². The van der Waals surface area contributed by atoms with Crippen molar-refractivity contribution in [2.24, 2.45) is 0 Å². The molecular formula is C14H13N3O2S. The zero-order chi connectivity index (χ0) is 13.9. The third kappa shape index (κ3) is 2.46. The van der Waals surface area contributed by atoms with E-state index in [2.05, 4.69) is 10.2 Å². The lowest BCUT2D eigenvalue weighted by Gasteiger charge is -2.03. The van der Waals surface area contributed by atoms with Crippen molar-refractivity contribution in [3.05, 3.63) is 42.2 Å². The summed E-state index contributed by atoms with van der Waals surface area (Å²) in [6.07, 6.45) is 5.28. The van der Waals surface area contributed by atoms with Crippen LogP contribution in [0.15, 0.2) is 41.8 Å². The molecule has 1 aromatic carbocycles. The van der Waals surface area contributed by atoms with Crippen LogP contribution in [0.2, 0.25) is 0 Å². The second kappa shape index (κ2) is 5.50. The normalized spacial score (nSPS) is 17.6. The molecule has 3 rings (SSSR count). The minimum atomic E-state index is -0.230. The second-order valence-electron chi connectivity index (χ2n) is 4.22. The summed E-state index contributed by atoms with van der Waals surface area (Å²) in [5.74, 6) is 0.847. The standard InChI is InChI=1S/C14H13N3O2S/c1-2-19-11-6-3-10(4-7-11)5-8-12-13(18)17-9-15-16-14(17)20-12/h3-9,12H,2H2,1H3/b8-5-. The van der Waals surface area contributed by atoms with Gasteiger partial charge in [0.25, 0.3) is 5.91 Å². The molecule has 0 fully saturated rings. The van der Waals surface area contributed by atoms with Gasteiger partial charge in [-0.1, -0.05) is 36.0 Å². The monoisotopic (exact) mass is 287 g/mol. The lowest BCUT2D eigenvalue weighted by molar-refractivity contribution is 0.0921. The molecule has 2 heterocycles. The van der Waals surface area contributed by atoms with Crippen molar-refractivity contribution in [2.75, 3.05) is 6.61 Å². The van der Waals surface area contributed by atoms with Crippen LogP contribution < -0.4 is 4.74 Å². The van der Waals surface area contributed by atoms with Gasteiger partial charge in [-0.25, -0.2) is 4.57 Å². The quantitative estimate of drug-likeness (QED) is 0.864.